The van der Waals surface area contributed by atoms with E-state index in [0.29, 0.717) is 0 Å². The van der Waals surface area contributed by atoms with Gasteiger partial charge in [0.25, 0.3) is 0 Å². The van der Waals surface area contributed by atoms with Crippen LogP contribution in [0.2, 0.25) is 0 Å². The van der Waals surface area contributed by atoms with Gasteiger partial charge in [0.2, 0.25) is 0 Å². The fourth-order valence-electron chi connectivity index (χ4n) is 1.69. The van der Waals surface area contributed by atoms with Crippen LogP contribution in [-0.2, 0) is 0 Å². The summed E-state index contributed by atoms with van der Waals surface area (Å²) in [6.07, 6.45) is 1.53. The Morgan fingerprint density at radius 1 is 1.11 bits per heavy atom. The maximum absolute atomic E-state index is 10.2. The van der Waals surface area contributed by atoms with Gasteiger partial charge in [-0.25, -0.2) is 9.97 Å². The Balaban J connectivity index is 3.22. The van der Waals surface area contributed by atoms with Crippen molar-refractivity contribution < 1.29 is 5.11 Å². The molecule has 1 rings (SSSR count). The van der Waals surface area contributed by atoms with Crippen LogP contribution in [0, 0.1) is 0 Å². The fourth-order valence-corrected chi connectivity index (χ4v) is 1.69. The molecular formula is C14H26N4O. The van der Waals surface area contributed by atoms with Crippen LogP contribution in [0.5, 0.6) is 0 Å². The summed E-state index contributed by atoms with van der Waals surface area (Å²) in [6.45, 7) is 11.7. The van der Waals surface area contributed by atoms with Gasteiger partial charge in [-0.3, -0.25) is 0 Å². The van der Waals surface area contributed by atoms with E-state index < -0.39 is 11.1 Å². The van der Waals surface area contributed by atoms with E-state index in [4.69, 9.17) is 0 Å². The Kier molecular flexibility index (Phi) is 4.40. The second-order valence-corrected chi connectivity index (χ2v) is 6.20. The lowest BCUT2D eigenvalue weighted by molar-refractivity contribution is 0.0238. The predicted molar refractivity (Wildman–Crippen MR) is 79.7 cm³/mol. The first kappa shape index (κ1) is 15.7. The highest BCUT2D eigenvalue weighted by Gasteiger charge is 2.36. The van der Waals surface area contributed by atoms with E-state index in [0.717, 1.165) is 17.2 Å². The first-order chi connectivity index (χ1) is 8.60. The molecule has 1 aromatic rings. The fraction of sp³-hybridized carbons (Fsp3) is 0.714. The number of nitrogens with zero attached hydrogens (tertiary/aromatic N) is 2. The second-order valence-electron chi connectivity index (χ2n) is 6.20. The topological polar surface area (TPSA) is 70.1 Å². The monoisotopic (exact) mass is 266 g/mol. The molecule has 19 heavy (non-hydrogen) atoms. The van der Waals surface area contributed by atoms with Gasteiger partial charge in [-0.1, -0.05) is 13.8 Å². The minimum atomic E-state index is -0.869. The van der Waals surface area contributed by atoms with Gasteiger partial charge in [0.05, 0.1) is 11.1 Å². The molecule has 0 fully saturated rings. The van der Waals surface area contributed by atoms with Crippen LogP contribution in [-0.4, -0.2) is 33.3 Å². The molecule has 108 valence electrons. The molecule has 0 unspecified atom stereocenters. The Labute approximate surface area is 115 Å². The Hall–Kier alpha value is -1.36. The predicted octanol–water partition coefficient (Wildman–Crippen LogP) is 2.60. The summed E-state index contributed by atoms with van der Waals surface area (Å²) in [7, 11) is 1.85. The number of aliphatic hydroxyl groups is 1. The molecule has 0 saturated heterocycles. The molecule has 3 N–H and O–H groups in total. The van der Waals surface area contributed by atoms with E-state index in [-0.39, 0.29) is 5.92 Å². The lowest BCUT2D eigenvalue weighted by atomic mass is 9.85. The third-order valence-corrected chi connectivity index (χ3v) is 3.66. The summed E-state index contributed by atoms with van der Waals surface area (Å²) >= 11 is 0. The normalized spacial score (nSPS) is 12.7. The molecular weight excluding hydrogens is 240 g/mol. The molecule has 1 aromatic heterocycles. The van der Waals surface area contributed by atoms with E-state index >= 15 is 0 Å². The van der Waals surface area contributed by atoms with Crippen LogP contribution in [0.1, 0.15) is 53.0 Å². The molecule has 0 bridgehead atoms. The van der Waals surface area contributed by atoms with Crippen LogP contribution >= 0.6 is 0 Å². The van der Waals surface area contributed by atoms with E-state index in [1.54, 1.807) is 13.8 Å². The zero-order chi connectivity index (χ0) is 14.8. The van der Waals surface area contributed by atoms with E-state index in [9.17, 15) is 5.11 Å². The third-order valence-electron chi connectivity index (χ3n) is 3.66. The van der Waals surface area contributed by atoms with Gasteiger partial charge in [0.1, 0.15) is 18.0 Å². The summed E-state index contributed by atoms with van der Waals surface area (Å²) in [5.74, 6) is 1.87. The molecule has 0 spiro atoms. The van der Waals surface area contributed by atoms with Gasteiger partial charge in [-0.05, 0) is 33.6 Å². The number of hydrogen-bond donors (Lipinski definition) is 3. The Morgan fingerprint density at radius 2 is 1.63 bits per heavy atom. The molecule has 0 radical (unpaired) electrons. The summed E-state index contributed by atoms with van der Waals surface area (Å²) in [5, 5.41) is 16.7. The smallest absolute Gasteiger partial charge is 0.135 e. The molecule has 1 heterocycles. The highest BCUT2D eigenvalue weighted by molar-refractivity contribution is 5.59. The molecule has 5 heteroatoms. The Morgan fingerprint density at radius 3 is 2.05 bits per heavy atom. The first-order valence-electron chi connectivity index (χ1n) is 6.63. The zero-order valence-corrected chi connectivity index (χ0v) is 13.0. The van der Waals surface area contributed by atoms with Gasteiger partial charge >= 0.3 is 0 Å². The van der Waals surface area contributed by atoms with Crippen LogP contribution in [0.25, 0.3) is 0 Å². The second kappa shape index (κ2) is 5.33. The molecule has 0 aliphatic rings. The van der Waals surface area contributed by atoms with Gasteiger partial charge in [-0.2, -0.15) is 0 Å². The van der Waals surface area contributed by atoms with E-state index in [2.05, 4.69) is 34.4 Å². The first-order valence-corrected chi connectivity index (χ1v) is 6.63. The standard InChI is InChI=1S/C14H26N4O/c1-9(2)10-11(15-7)16-8-17-12(10)18-13(3,4)14(5,6)19/h8-9,19H,1-7H3,(H2,15,16,17,18). The van der Waals surface area contributed by atoms with Crippen LogP contribution in [0.4, 0.5) is 11.6 Å². The summed E-state index contributed by atoms with van der Waals surface area (Å²) < 4.78 is 0. The van der Waals surface area contributed by atoms with Gasteiger partial charge in [0.15, 0.2) is 0 Å². The molecule has 0 aromatic carbocycles. The number of anilines is 2. The highest BCUT2D eigenvalue weighted by atomic mass is 16.3. The quantitative estimate of drug-likeness (QED) is 0.764. The van der Waals surface area contributed by atoms with Crippen molar-refractivity contribution in [3.63, 3.8) is 0 Å². The highest BCUT2D eigenvalue weighted by Crippen LogP contribution is 2.32. The molecule has 0 aliphatic heterocycles. The van der Waals surface area contributed by atoms with Crippen molar-refractivity contribution in [2.75, 3.05) is 17.7 Å². The SMILES string of the molecule is CNc1ncnc(NC(C)(C)C(C)(C)O)c1C(C)C. The van der Waals surface area contributed by atoms with Crippen LogP contribution < -0.4 is 10.6 Å². The number of aromatic nitrogens is 2. The lowest BCUT2D eigenvalue weighted by Gasteiger charge is -2.39. The number of rotatable bonds is 5. The summed E-state index contributed by atoms with van der Waals surface area (Å²) in [6, 6.07) is 0. The minimum Gasteiger partial charge on any atom is -0.388 e. The summed E-state index contributed by atoms with van der Waals surface area (Å²) in [5.41, 5.74) is -0.343. The largest absolute Gasteiger partial charge is 0.388 e. The van der Waals surface area contributed by atoms with Gasteiger partial charge in [-0.15, -0.1) is 0 Å². The van der Waals surface area contributed by atoms with Crippen molar-refractivity contribution >= 4 is 11.6 Å². The van der Waals surface area contributed by atoms with Crippen molar-refractivity contribution in [2.24, 2.45) is 0 Å². The van der Waals surface area contributed by atoms with E-state index in [1.807, 2.05) is 20.9 Å². The van der Waals surface area contributed by atoms with E-state index in [1.165, 1.54) is 6.33 Å². The molecule has 0 atom stereocenters. The van der Waals surface area contributed by atoms with Crippen molar-refractivity contribution in [1.82, 2.24) is 9.97 Å². The maximum atomic E-state index is 10.2. The number of hydrogen-bond acceptors (Lipinski definition) is 5. The lowest BCUT2D eigenvalue weighted by Crippen LogP contribution is -2.51. The van der Waals surface area contributed by atoms with Crippen molar-refractivity contribution in [2.45, 2.75) is 58.6 Å². The molecule has 5 nitrogen and oxygen atoms in total. The average molecular weight is 266 g/mol. The molecule has 0 amide bonds. The molecule has 0 saturated carbocycles. The molecule has 0 aliphatic carbocycles. The Bertz CT molecular complexity index is 436. The van der Waals surface area contributed by atoms with Gasteiger partial charge in [0, 0.05) is 12.6 Å². The summed E-state index contributed by atoms with van der Waals surface area (Å²) in [4.78, 5) is 8.58. The average Bonchev–Trinajstić information content (AvgIpc) is 2.26. The zero-order valence-electron chi connectivity index (χ0n) is 13.0. The third kappa shape index (κ3) is 3.35. The van der Waals surface area contributed by atoms with Crippen molar-refractivity contribution in [1.29, 1.82) is 0 Å². The van der Waals surface area contributed by atoms with Gasteiger partial charge < -0.3 is 15.7 Å². The minimum absolute atomic E-state index is 0.281. The number of nitrogens with one attached hydrogen (secondary N) is 2. The van der Waals surface area contributed by atoms with Crippen molar-refractivity contribution in [3.8, 4) is 0 Å². The van der Waals surface area contributed by atoms with Crippen LogP contribution in [0.15, 0.2) is 6.33 Å². The van der Waals surface area contributed by atoms with Crippen molar-refractivity contribution in [3.05, 3.63) is 11.9 Å². The van der Waals surface area contributed by atoms with Crippen LogP contribution in [0.3, 0.4) is 0 Å². The maximum Gasteiger partial charge on any atom is 0.135 e.